The highest BCUT2D eigenvalue weighted by atomic mass is 35.5. The third kappa shape index (κ3) is 6.96. The van der Waals surface area contributed by atoms with Crippen LogP contribution in [-0.4, -0.2) is 18.4 Å². The Hall–Kier alpha value is -1.06. The molecule has 0 aliphatic heterocycles. The molecule has 1 aromatic carbocycles. The lowest BCUT2D eigenvalue weighted by atomic mass is 10.0. The molecular formula is C16H20Cl2O3. The molecule has 0 spiro atoms. The second-order valence-electron chi connectivity index (χ2n) is 4.77. The van der Waals surface area contributed by atoms with Crippen molar-refractivity contribution in [3.05, 3.63) is 33.8 Å². The minimum absolute atomic E-state index is 0.0685. The summed E-state index contributed by atoms with van der Waals surface area (Å²) < 4.78 is 4.85. The number of carbonyl (C=O) groups excluding carboxylic acids is 2. The molecule has 0 aliphatic rings. The summed E-state index contributed by atoms with van der Waals surface area (Å²) in [4.78, 5) is 23.1. The highest BCUT2D eigenvalue weighted by molar-refractivity contribution is 6.42. The number of rotatable bonds is 9. The summed E-state index contributed by atoms with van der Waals surface area (Å²) in [7, 11) is 0. The quantitative estimate of drug-likeness (QED) is 0.360. The molecule has 0 heterocycles. The van der Waals surface area contributed by atoms with E-state index in [1.54, 1.807) is 25.1 Å². The average Bonchev–Trinajstić information content (AvgIpc) is 2.45. The minimum atomic E-state index is -0.149. The standard InChI is InChI=1S/C16H20Cl2O3/c1-2-21-16(20)8-6-4-3-5-7-15(19)12-9-10-13(17)14(18)11-12/h9-11H,2-8H2,1H3. The normalized spacial score (nSPS) is 10.4. The van der Waals surface area contributed by atoms with Crippen LogP contribution in [0.5, 0.6) is 0 Å². The van der Waals surface area contributed by atoms with Gasteiger partial charge in [-0.25, -0.2) is 0 Å². The van der Waals surface area contributed by atoms with E-state index in [2.05, 4.69) is 0 Å². The van der Waals surface area contributed by atoms with Crippen molar-refractivity contribution in [1.29, 1.82) is 0 Å². The van der Waals surface area contributed by atoms with E-state index >= 15 is 0 Å². The monoisotopic (exact) mass is 330 g/mol. The lowest BCUT2D eigenvalue weighted by Gasteiger charge is -2.04. The molecule has 0 aliphatic carbocycles. The molecule has 1 rings (SSSR count). The molecule has 0 bridgehead atoms. The van der Waals surface area contributed by atoms with Crippen LogP contribution in [0.3, 0.4) is 0 Å². The molecule has 0 atom stereocenters. The molecule has 1 aromatic rings. The van der Waals surface area contributed by atoms with Gasteiger partial charge in [-0.15, -0.1) is 0 Å². The zero-order chi connectivity index (χ0) is 15.7. The van der Waals surface area contributed by atoms with Crippen molar-refractivity contribution < 1.29 is 14.3 Å². The van der Waals surface area contributed by atoms with Gasteiger partial charge < -0.3 is 4.74 Å². The Morgan fingerprint density at radius 1 is 1.00 bits per heavy atom. The van der Waals surface area contributed by atoms with Crippen LogP contribution < -0.4 is 0 Å². The minimum Gasteiger partial charge on any atom is -0.466 e. The molecule has 0 aromatic heterocycles. The lowest BCUT2D eigenvalue weighted by Crippen LogP contribution is -2.03. The number of halogens is 2. The van der Waals surface area contributed by atoms with Gasteiger partial charge in [0.1, 0.15) is 0 Å². The maximum atomic E-state index is 12.0. The first kappa shape index (κ1) is 18.0. The Kier molecular flexibility index (Phi) is 8.40. The van der Waals surface area contributed by atoms with Crippen molar-refractivity contribution in [1.82, 2.24) is 0 Å². The van der Waals surface area contributed by atoms with Crippen LogP contribution in [0.1, 0.15) is 55.8 Å². The molecule has 116 valence electrons. The highest BCUT2D eigenvalue weighted by Crippen LogP contribution is 2.23. The number of ketones is 1. The van der Waals surface area contributed by atoms with E-state index in [9.17, 15) is 9.59 Å². The van der Waals surface area contributed by atoms with Gasteiger partial charge in [0.25, 0.3) is 0 Å². The third-order valence-corrected chi connectivity index (χ3v) is 3.82. The number of hydrogen-bond donors (Lipinski definition) is 0. The van der Waals surface area contributed by atoms with E-state index in [0.717, 1.165) is 25.7 Å². The summed E-state index contributed by atoms with van der Waals surface area (Å²) in [6.45, 7) is 2.23. The zero-order valence-electron chi connectivity index (χ0n) is 12.2. The maximum Gasteiger partial charge on any atom is 0.305 e. The van der Waals surface area contributed by atoms with Gasteiger partial charge in [-0.2, -0.15) is 0 Å². The van der Waals surface area contributed by atoms with Crippen LogP contribution in [0.15, 0.2) is 18.2 Å². The first-order chi connectivity index (χ1) is 10.0. The summed E-state index contributed by atoms with van der Waals surface area (Å²) >= 11 is 11.7. The number of benzene rings is 1. The molecule has 0 saturated heterocycles. The van der Waals surface area contributed by atoms with Gasteiger partial charge in [0.05, 0.1) is 16.7 Å². The highest BCUT2D eigenvalue weighted by Gasteiger charge is 2.08. The number of ether oxygens (including phenoxy) is 1. The van der Waals surface area contributed by atoms with Gasteiger partial charge in [0.15, 0.2) is 5.78 Å². The summed E-state index contributed by atoms with van der Waals surface area (Å²) in [5.41, 5.74) is 0.593. The van der Waals surface area contributed by atoms with Gasteiger partial charge in [-0.3, -0.25) is 9.59 Å². The summed E-state index contributed by atoms with van der Waals surface area (Å²) in [6, 6.07) is 4.93. The molecule has 0 unspecified atom stereocenters. The van der Waals surface area contributed by atoms with Gasteiger partial charge in [-0.1, -0.05) is 36.0 Å². The van der Waals surface area contributed by atoms with E-state index in [1.807, 2.05) is 0 Å². The second kappa shape index (κ2) is 9.80. The molecule has 5 heteroatoms. The van der Waals surface area contributed by atoms with Crippen molar-refractivity contribution in [2.24, 2.45) is 0 Å². The van der Waals surface area contributed by atoms with E-state index < -0.39 is 0 Å². The van der Waals surface area contributed by atoms with E-state index in [0.29, 0.717) is 35.1 Å². The van der Waals surface area contributed by atoms with Gasteiger partial charge >= 0.3 is 5.97 Å². The van der Waals surface area contributed by atoms with E-state index in [-0.39, 0.29) is 11.8 Å². The fourth-order valence-electron chi connectivity index (χ4n) is 1.96. The number of esters is 1. The Balaban J connectivity index is 2.19. The Morgan fingerprint density at radius 2 is 1.67 bits per heavy atom. The largest absolute Gasteiger partial charge is 0.466 e. The molecule has 0 fully saturated rings. The van der Waals surface area contributed by atoms with E-state index in [1.165, 1.54) is 0 Å². The summed E-state index contributed by atoms with van der Waals surface area (Å²) in [5.74, 6) is -0.0802. The van der Waals surface area contributed by atoms with E-state index in [4.69, 9.17) is 27.9 Å². The summed E-state index contributed by atoms with van der Waals surface area (Å²) in [5, 5.41) is 0.851. The average molecular weight is 331 g/mol. The number of hydrogen-bond acceptors (Lipinski definition) is 3. The zero-order valence-corrected chi connectivity index (χ0v) is 13.7. The number of carbonyl (C=O) groups is 2. The smallest absolute Gasteiger partial charge is 0.305 e. The predicted octanol–water partition coefficient (Wildman–Crippen LogP) is 5.08. The maximum absolute atomic E-state index is 12.0. The van der Waals surface area contributed by atoms with Crippen molar-refractivity contribution in [3.63, 3.8) is 0 Å². The Morgan fingerprint density at radius 3 is 2.29 bits per heavy atom. The van der Waals surface area contributed by atoms with Crippen LogP contribution in [0, 0.1) is 0 Å². The molecule has 0 amide bonds. The summed E-state index contributed by atoms with van der Waals surface area (Å²) in [6.07, 6.45) is 4.40. The lowest BCUT2D eigenvalue weighted by molar-refractivity contribution is -0.143. The topological polar surface area (TPSA) is 43.4 Å². The molecule has 0 N–H and O–H groups in total. The number of Topliss-reactive ketones (excluding diaryl/α,β-unsaturated/α-hetero) is 1. The Labute approximate surface area is 135 Å². The van der Waals surface area contributed by atoms with Crippen LogP contribution in [0.25, 0.3) is 0 Å². The van der Waals surface area contributed by atoms with Crippen LogP contribution in [0.4, 0.5) is 0 Å². The van der Waals surface area contributed by atoms with Gasteiger partial charge in [0.2, 0.25) is 0 Å². The first-order valence-corrected chi connectivity index (χ1v) is 7.94. The molecule has 0 radical (unpaired) electrons. The first-order valence-electron chi connectivity index (χ1n) is 7.18. The second-order valence-corrected chi connectivity index (χ2v) is 5.59. The third-order valence-electron chi connectivity index (χ3n) is 3.08. The van der Waals surface area contributed by atoms with Gasteiger partial charge in [-0.05, 0) is 38.0 Å². The van der Waals surface area contributed by atoms with Crippen molar-refractivity contribution >= 4 is 35.0 Å². The van der Waals surface area contributed by atoms with Crippen molar-refractivity contribution in [2.75, 3.05) is 6.61 Å². The Bertz CT molecular complexity index is 486. The van der Waals surface area contributed by atoms with Crippen LogP contribution in [-0.2, 0) is 9.53 Å². The fourth-order valence-corrected chi connectivity index (χ4v) is 2.25. The molecule has 0 saturated carbocycles. The fraction of sp³-hybridized carbons (Fsp3) is 0.500. The SMILES string of the molecule is CCOC(=O)CCCCCCC(=O)c1ccc(Cl)c(Cl)c1. The molecular weight excluding hydrogens is 311 g/mol. The van der Waals surface area contributed by atoms with Crippen LogP contribution >= 0.6 is 23.2 Å². The van der Waals surface area contributed by atoms with Crippen molar-refractivity contribution in [3.8, 4) is 0 Å². The molecule has 21 heavy (non-hydrogen) atoms. The van der Waals surface area contributed by atoms with Gasteiger partial charge in [0, 0.05) is 18.4 Å². The van der Waals surface area contributed by atoms with Crippen LogP contribution in [0.2, 0.25) is 10.0 Å². The number of unbranched alkanes of at least 4 members (excludes halogenated alkanes) is 3. The predicted molar refractivity (Wildman–Crippen MR) is 85.1 cm³/mol. The molecule has 3 nitrogen and oxygen atoms in total. The van der Waals surface area contributed by atoms with Crippen molar-refractivity contribution in [2.45, 2.75) is 45.4 Å².